The van der Waals surface area contributed by atoms with E-state index in [9.17, 15) is 14.9 Å². The molecule has 0 aliphatic carbocycles. The van der Waals surface area contributed by atoms with Crippen LogP contribution in [0.2, 0.25) is 0 Å². The number of aryl methyl sites for hydroxylation is 1. The van der Waals surface area contributed by atoms with Gasteiger partial charge < -0.3 is 14.2 Å². The Morgan fingerprint density at radius 1 is 1.09 bits per heavy atom. The first-order valence-corrected chi connectivity index (χ1v) is 11.0. The fraction of sp³-hybridized carbons (Fsp3) is 0.217. The van der Waals surface area contributed by atoms with Gasteiger partial charge in [0, 0.05) is 49.3 Å². The summed E-state index contributed by atoms with van der Waals surface area (Å²) >= 11 is 1.49. The van der Waals surface area contributed by atoms with Crippen LogP contribution in [0.15, 0.2) is 59.0 Å². The summed E-state index contributed by atoms with van der Waals surface area (Å²) in [5, 5.41) is 12.0. The van der Waals surface area contributed by atoms with Gasteiger partial charge in [0.05, 0.1) is 15.2 Å². The van der Waals surface area contributed by atoms with E-state index in [4.69, 9.17) is 4.42 Å². The molecule has 2 aromatic heterocycles. The molecule has 5 rings (SSSR count). The van der Waals surface area contributed by atoms with Crippen molar-refractivity contribution in [3.05, 3.63) is 76.0 Å². The number of fused-ring (bicyclic) bond motifs is 1. The van der Waals surface area contributed by atoms with Crippen LogP contribution in [0.1, 0.15) is 16.1 Å². The van der Waals surface area contributed by atoms with Crippen molar-refractivity contribution >= 4 is 39.0 Å². The second-order valence-electron chi connectivity index (χ2n) is 7.67. The highest BCUT2D eigenvalue weighted by Gasteiger charge is 2.27. The van der Waals surface area contributed by atoms with Crippen molar-refractivity contribution in [2.45, 2.75) is 6.92 Å². The summed E-state index contributed by atoms with van der Waals surface area (Å²) in [7, 11) is 0. The number of carbonyl (C=O) groups is 1. The molecule has 0 atom stereocenters. The van der Waals surface area contributed by atoms with E-state index in [2.05, 4.69) is 21.4 Å². The molecule has 0 saturated carbocycles. The molecule has 8 nitrogen and oxygen atoms in total. The van der Waals surface area contributed by atoms with Gasteiger partial charge in [-0.25, -0.2) is 0 Å². The largest absolute Gasteiger partial charge is 0.461 e. The molecule has 0 spiro atoms. The lowest BCUT2D eigenvalue weighted by Gasteiger charge is -2.35. The van der Waals surface area contributed by atoms with Gasteiger partial charge >= 0.3 is 0 Å². The van der Waals surface area contributed by atoms with E-state index >= 15 is 0 Å². The average Bonchev–Trinajstić information content (AvgIpc) is 3.42. The van der Waals surface area contributed by atoms with Crippen molar-refractivity contribution in [2.24, 2.45) is 0 Å². The summed E-state index contributed by atoms with van der Waals surface area (Å²) in [4.78, 5) is 27.6. The maximum atomic E-state index is 13.2. The number of aromatic nitrogens is 1. The van der Waals surface area contributed by atoms with Crippen LogP contribution in [0, 0.1) is 17.0 Å². The van der Waals surface area contributed by atoms with Crippen molar-refractivity contribution in [1.82, 2.24) is 9.27 Å². The number of non-ortho nitro benzene ring substituents is 1. The lowest BCUT2D eigenvalue weighted by molar-refractivity contribution is -0.384. The second kappa shape index (κ2) is 8.08. The molecule has 4 aromatic rings. The third-order valence-electron chi connectivity index (χ3n) is 5.74. The lowest BCUT2D eigenvalue weighted by Crippen LogP contribution is -2.49. The van der Waals surface area contributed by atoms with Gasteiger partial charge in [-0.3, -0.25) is 14.9 Å². The van der Waals surface area contributed by atoms with Gasteiger partial charge in [-0.15, -0.1) is 0 Å². The number of nitro groups is 1. The smallest absolute Gasteiger partial charge is 0.269 e. The van der Waals surface area contributed by atoms with E-state index in [1.165, 1.54) is 23.7 Å². The normalized spacial score (nSPS) is 14.2. The van der Waals surface area contributed by atoms with Gasteiger partial charge in [0.25, 0.3) is 11.6 Å². The van der Waals surface area contributed by atoms with Gasteiger partial charge in [-0.2, -0.15) is 4.37 Å². The van der Waals surface area contributed by atoms with E-state index < -0.39 is 4.92 Å². The Bertz CT molecular complexity index is 1300. The quantitative estimate of drug-likeness (QED) is 0.331. The highest BCUT2D eigenvalue weighted by Crippen LogP contribution is 2.31. The van der Waals surface area contributed by atoms with Crippen LogP contribution >= 0.6 is 11.5 Å². The summed E-state index contributed by atoms with van der Waals surface area (Å²) in [6, 6.07) is 16.0. The van der Waals surface area contributed by atoms with Crippen LogP contribution in [0.4, 0.5) is 11.5 Å². The Balaban J connectivity index is 1.30. The van der Waals surface area contributed by atoms with Crippen molar-refractivity contribution in [3.63, 3.8) is 0 Å². The van der Waals surface area contributed by atoms with Crippen LogP contribution in [0.25, 0.3) is 21.4 Å². The predicted octanol–water partition coefficient (Wildman–Crippen LogP) is 4.74. The molecule has 1 fully saturated rings. The maximum Gasteiger partial charge on any atom is 0.269 e. The predicted molar refractivity (Wildman–Crippen MR) is 123 cm³/mol. The molecular formula is C23H20N4O4S. The second-order valence-corrected chi connectivity index (χ2v) is 8.47. The Labute approximate surface area is 188 Å². The van der Waals surface area contributed by atoms with Gasteiger partial charge in [0.15, 0.2) is 0 Å². The molecule has 0 radical (unpaired) electrons. The van der Waals surface area contributed by atoms with Crippen molar-refractivity contribution in [3.8, 4) is 11.3 Å². The number of furan rings is 1. The molecule has 1 aliphatic heterocycles. The van der Waals surface area contributed by atoms with E-state index in [1.807, 2.05) is 17.0 Å². The first-order valence-electron chi connectivity index (χ1n) is 10.2. The number of anilines is 1. The topological polar surface area (TPSA) is 92.7 Å². The number of nitro benzene ring substituents is 1. The molecule has 9 heteroatoms. The molecule has 0 N–H and O–H groups in total. The number of hydrogen-bond donors (Lipinski definition) is 0. The van der Waals surface area contributed by atoms with E-state index in [0.717, 1.165) is 15.9 Å². The standard InChI is InChI=1S/C23H20N4O4S/c1-15-19(14-20(31-15)16-6-8-17(9-7-16)27(29)30)23(28)26-12-10-25(11-13-26)22-18-4-2-3-5-21(18)32-24-22/h2-9,14H,10-13H2,1H3. The minimum Gasteiger partial charge on any atom is -0.461 e. The number of rotatable bonds is 4. The fourth-order valence-electron chi connectivity index (χ4n) is 3.98. The van der Waals surface area contributed by atoms with Crippen molar-refractivity contribution in [2.75, 3.05) is 31.1 Å². The minimum absolute atomic E-state index is 0.0130. The molecule has 162 valence electrons. The third-order valence-corrected chi connectivity index (χ3v) is 6.55. The van der Waals surface area contributed by atoms with Gasteiger partial charge in [0.1, 0.15) is 17.3 Å². The zero-order valence-corrected chi connectivity index (χ0v) is 18.2. The Kier molecular flexibility index (Phi) is 5.10. The zero-order valence-electron chi connectivity index (χ0n) is 17.4. The monoisotopic (exact) mass is 448 g/mol. The molecule has 0 bridgehead atoms. The van der Waals surface area contributed by atoms with Gasteiger partial charge in [-0.05, 0) is 48.8 Å². The molecule has 32 heavy (non-hydrogen) atoms. The maximum absolute atomic E-state index is 13.2. The number of amides is 1. The Morgan fingerprint density at radius 2 is 1.81 bits per heavy atom. The zero-order chi connectivity index (χ0) is 22.2. The minimum atomic E-state index is -0.444. The molecule has 1 amide bonds. The Hall–Kier alpha value is -3.72. The fourth-order valence-corrected chi connectivity index (χ4v) is 4.77. The van der Waals surface area contributed by atoms with Crippen LogP contribution < -0.4 is 4.90 Å². The summed E-state index contributed by atoms with van der Waals surface area (Å²) in [5.74, 6) is 1.98. The number of hydrogen-bond acceptors (Lipinski definition) is 7. The van der Waals surface area contributed by atoms with Crippen LogP contribution in [0.5, 0.6) is 0 Å². The number of nitrogens with zero attached hydrogens (tertiary/aromatic N) is 4. The van der Waals surface area contributed by atoms with E-state index in [0.29, 0.717) is 48.8 Å². The van der Waals surface area contributed by atoms with Gasteiger partial charge in [-0.1, -0.05) is 12.1 Å². The summed E-state index contributed by atoms with van der Waals surface area (Å²) < 4.78 is 11.6. The summed E-state index contributed by atoms with van der Waals surface area (Å²) in [5.41, 5.74) is 1.22. The first kappa shape index (κ1) is 20.2. The SMILES string of the molecule is Cc1oc(-c2ccc([N+](=O)[O-])cc2)cc1C(=O)N1CCN(c2nsc3ccccc23)CC1. The van der Waals surface area contributed by atoms with E-state index in [-0.39, 0.29) is 11.6 Å². The number of piperazine rings is 1. The molecule has 3 heterocycles. The first-order chi connectivity index (χ1) is 15.5. The molecule has 0 unspecified atom stereocenters. The van der Waals surface area contributed by atoms with Crippen molar-refractivity contribution in [1.29, 1.82) is 0 Å². The van der Waals surface area contributed by atoms with Gasteiger partial charge in [0.2, 0.25) is 0 Å². The lowest BCUT2D eigenvalue weighted by atomic mass is 10.1. The summed E-state index contributed by atoms with van der Waals surface area (Å²) in [6.45, 7) is 4.39. The highest BCUT2D eigenvalue weighted by atomic mass is 32.1. The Morgan fingerprint density at radius 3 is 2.53 bits per heavy atom. The molecule has 1 saturated heterocycles. The summed E-state index contributed by atoms with van der Waals surface area (Å²) in [6.07, 6.45) is 0. The number of benzene rings is 2. The van der Waals surface area contributed by atoms with Crippen LogP contribution in [0.3, 0.4) is 0 Å². The van der Waals surface area contributed by atoms with Crippen LogP contribution in [-0.2, 0) is 0 Å². The van der Waals surface area contributed by atoms with Crippen molar-refractivity contribution < 1.29 is 14.1 Å². The molecular weight excluding hydrogens is 428 g/mol. The average molecular weight is 449 g/mol. The van der Waals surface area contributed by atoms with Crippen LogP contribution in [-0.4, -0.2) is 46.3 Å². The molecule has 1 aliphatic rings. The number of carbonyl (C=O) groups excluding carboxylic acids is 1. The highest BCUT2D eigenvalue weighted by molar-refractivity contribution is 7.13. The molecule has 2 aromatic carbocycles. The van der Waals surface area contributed by atoms with E-state index in [1.54, 1.807) is 25.1 Å². The third kappa shape index (κ3) is 3.60.